The van der Waals surface area contributed by atoms with Gasteiger partial charge < -0.3 is 5.32 Å². The lowest BCUT2D eigenvalue weighted by Crippen LogP contribution is -2.14. The Balaban J connectivity index is 1.94. The van der Waals surface area contributed by atoms with Crippen molar-refractivity contribution in [1.29, 1.82) is 5.26 Å². The third kappa shape index (κ3) is 5.40. The number of rotatable bonds is 4. The molecule has 5 nitrogen and oxygen atoms in total. The molecule has 2 aromatic carbocycles. The highest BCUT2D eigenvalue weighted by Gasteiger charge is 2.31. The molecule has 34 heavy (non-hydrogen) atoms. The molecule has 1 amide bonds. The van der Waals surface area contributed by atoms with Crippen molar-refractivity contribution in [2.24, 2.45) is 0 Å². The molecule has 0 unspecified atom stereocenters. The standard InChI is InChI=1S/C22H13ClF6N4O/c1-12-18(19(23)33(32-12)17-7-3-5-15(10-17)22(27,28)29)8-13(11-30)20(34)31-16-6-2-4-14(9-16)21(24,25)26/h2-10H,1H3,(H,31,34)/b13-8+. The van der Waals surface area contributed by atoms with Crippen LogP contribution in [0.3, 0.4) is 0 Å². The first-order valence-corrected chi connectivity index (χ1v) is 9.72. The summed E-state index contributed by atoms with van der Waals surface area (Å²) in [5.74, 6) is -1.01. The lowest BCUT2D eigenvalue weighted by Gasteiger charge is -2.10. The van der Waals surface area contributed by atoms with E-state index in [9.17, 15) is 36.4 Å². The van der Waals surface area contributed by atoms with Gasteiger partial charge in [-0.3, -0.25) is 4.79 Å². The van der Waals surface area contributed by atoms with Crippen LogP contribution in [0.4, 0.5) is 32.0 Å². The van der Waals surface area contributed by atoms with Gasteiger partial charge >= 0.3 is 12.4 Å². The minimum absolute atomic E-state index is 0.00509. The molecule has 3 aromatic rings. The van der Waals surface area contributed by atoms with E-state index in [4.69, 9.17) is 11.6 Å². The normalized spacial score (nSPS) is 12.4. The number of aryl methyl sites for hydroxylation is 1. The first-order valence-electron chi connectivity index (χ1n) is 9.34. The Kier molecular flexibility index (Phi) is 6.74. The highest BCUT2D eigenvalue weighted by Crippen LogP contribution is 2.33. The van der Waals surface area contributed by atoms with Crippen LogP contribution in [0.5, 0.6) is 0 Å². The van der Waals surface area contributed by atoms with E-state index in [1.54, 1.807) is 6.07 Å². The van der Waals surface area contributed by atoms with Crippen LogP contribution < -0.4 is 5.32 Å². The summed E-state index contributed by atoms with van der Waals surface area (Å²) in [5.41, 5.74) is -2.35. The molecule has 3 rings (SSSR count). The molecule has 12 heteroatoms. The van der Waals surface area contributed by atoms with Gasteiger partial charge in [0.05, 0.1) is 22.5 Å². The van der Waals surface area contributed by atoms with Crippen LogP contribution in [0.25, 0.3) is 11.8 Å². The van der Waals surface area contributed by atoms with E-state index in [2.05, 4.69) is 10.4 Å². The van der Waals surface area contributed by atoms with E-state index in [-0.39, 0.29) is 27.8 Å². The number of hydrogen-bond donors (Lipinski definition) is 1. The smallest absolute Gasteiger partial charge is 0.321 e. The van der Waals surface area contributed by atoms with Gasteiger partial charge in [-0.1, -0.05) is 23.7 Å². The van der Waals surface area contributed by atoms with Crippen molar-refractivity contribution in [2.45, 2.75) is 19.3 Å². The number of aromatic nitrogens is 2. The minimum atomic E-state index is -4.63. The van der Waals surface area contributed by atoms with E-state index in [1.165, 1.54) is 25.1 Å². The summed E-state index contributed by atoms with van der Waals surface area (Å²) in [5, 5.41) is 15.5. The van der Waals surface area contributed by atoms with Crippen LogP contribution in [-0.2, 0) is 17.1 Å². The van der Waals surface area contributed by atoms with E-state index < -0.39 is 35.0 Å². The largest absolute Gasteiger partial charge is 0.416 e. The topological polar surface area (TPSA) is 70.7 Å². The Bertz CT molecular complexity index is 1320. The Hall–Kier alpha value is -3.78. The molecular formula is C22H13ClF6N4O. The van der Waals surface area contributed by atoms with Gasteiger partial charge in [-0.2, -0.15) is 36.7 Å². The number of carbonyl (C=O) groups is 1. The van der Waals surface area contributed by atoms with Crippen LogP contribution in [0.2, 0.25) is 5.15 Å². The second-order valence-corrected chi connectivity index (χ2v) is 7.31. The Morgan fingerprint density at radius 2 is 1.65 bits per heavy atom. The van der Waals surface area contributed by atoms with E-state index in [1.807, 2.05) is 0 Å². The lowest BCUT2D eigenvalue weighted by atomic mass is 10.1. The van der Waals surface area contributed by atoms with Gasteiger partial charge in [0.2, 0.25) is 0 Å². The second-order valence-electron chi connectivity index (χ2n) is 6.95. The third-order valence-corrected chi connectivity index (χ3v) is 4.93. The van der Waals surface area contributed by atoms with Crippen LogP contribution in [0, 0.1) is 18.3 Å². The maximum Gasteiger partial charge on any atom is 0.416 e. The molecule has 0 atom stereocenters. The van der Waals surface area contributed by atoms with E-state index >= 15 is 0 Å². The predicted molar refractivity (Wildman–Crippen MR) is 112 cm³/mol. The van der Waals surface area contributed by atoms with Crippen molar-refractivity contribution in [3.63, 3.8) is 0 Å². The van der Waals surface area contributed by atoms with Gasteiger partial charge in [0, 0.05) is 11.3 Å². The zero-order valence-corrected chi connectivity index (χ0v) is 17.8. The number of nitriles is 1. The van der Waals surface area contributed by atoms with Crippen LogP contribution >= 0.6 is 11.6 Å². The summed E-state index contributed by atoms with van der Waals surface area (Å²) in [6.45, 7) is 1.46. The number of carbonyl (C=O) groups excluding carboxylic acids is 1. The van der Waals surface area contributed by atoms with E-state index in [0.717, 1.165) is 35.0 Å². The highest BCUT2D eigenvalue weighted by atomic mass is 35.5. The Morgan fingerprint density at radius 1 is 1.06 bits per heavy atom. The SMILES string of the molecule is Cc1nn(-c2cccc(C(F)(F)F)c2)c(Cl)c1/C=C(\C#N)C(=O)Nc1cccc(C(F)(F)F)c1. The predicted octanol–water partition coefficient (Wildman–Crippen LogP) is 6.42. The van der Waals surface area contributed by atoms with Crippen molar-refractivity contribution in [3.8, 4) is 11.8 Å². The van der Waals surface area contributed by atoms with Crippen molar-refractivity contribution in [1.82, 2.24) is 9.78 Å². The summed E-state index contributed by atoms with van der Waals surface area (Å²) < 4.78 is 78.7. The quantitative estimate of drug-likeness (QED) is 0.256. The fraction of sp³-hybridized carbons (Fsp3) is 0.136. The van der Waals surface area contributed by atoms with Crippen LogP contribution in [-0.4, -0.2) is 15.7 Å². The van der Waals surface area contributed by atoms with Crippen LogP contribution in [0.15, 0.2) is 54.1 Å². The molecule has 0 aliphatic carbocycles. The first-order chi connectivity index (χ1) is 15.8. The van der Waals surface area contributed by atoms with Crippen molar-refractivity contribution in [2.75, 3.05) is 5.32 Å². The van der Waals surface area contributed by atoms with Crippen LogP contribution in [0.1, 0.15) is 22.4 Å². The molecule has 0 fully saturated rings. The van der Waals surface area contributed by atoms with Gasteiger partial charge in [-0.05, 0) is 49.4 Å². The van der Waals surface area contributed by atoms with Crippen molar-refractivity contribution in [3.05, 3.63) is 81.6 Å². The molecule has 0 spiro atoms. The monoisotopic (exact) mass is 498 g/mol. The summed E-state index contributed by atoms with van der Waals surface area (Å²) in [7, 11) is 0. The summed E-state index contributed by atoms with van der Waals surface area (Å²) in [6.07, 6.45) is -8.17. The van der Waals surface area contributed by atoms with Gasteiger partial charge in [-0.25, -0.2) is 4.68 Å². The lowest BCUT2D eigenvalue weighted by molar-refractivity contribution is -0.138. The zero-order chi connectivity index (χ0) is 25.3. The van der Waals surface area contributed by atoms with Gasteiger partial charge in [0.15, 0.2) is 0 Å². The Morgan fingerprint density at radius 3 is 2.24 bits per heavy atom. The number of benzene rings is 2. The van der Waals surface area contributed by atoms with Gasteiger partial charge in [0.1, 0.15) is 16.8 Å². The number of amides is 1. The van der Waals surface area contributed by atoms with Crippen molar-refractivity contribution < 1.29 is 31.1 Å². The molecule has 0 aliphatic rings. The molecular weight excluding hydrogens is 486 g/mol. The van der Waals surface area contributed by atoms with E-state index in [0.29, 0.717) is 6.07 Å². The average molecular weight is 499 g/mol. The highest BCUT2D eigenvalue weighted by molar-refractivity contribution is 6.31. The number of anilines is 1. The van der Waals surface area contributed by atoms with Gasteiger partial charge in [0.25, 0.3) is 5.91 Å². The summed E-state index contributed by atoms with van der Waals surface area (Å²) in [4.78, 5) is 12.5. The number of nitrogens with one attached hydrogen (secondary N) is 1. The maximum absolute atomic E-state index is 13.0. The number of hydrogen-bond acceptors (Lipinski definition) is 3. The Labute approximate surface area is 193 Å². The summed E-state index contributed by atoms with van der Waals surface area (Å²) >= 11 is 6.28. The molecule has 176 valence electrons. The molecule has 1 aromatic heterocycles. The molecule has 1 N–H and O–H groups in total. The number of alkyl halides is 6. The zero-order valence-electron chi connectivity index (χ0n) is 17.1. The third-order valence-electron chi connectivity index (χ3n) is 4.57. The van der Waals surface area contributed by atoms with Gasteiger partial charge in [-0.15, -0.1) is 0 Å². The molecule has 1 heterocycles. The maximum atomic E-state index is 13.0. The molecule has 0 radical (unpaired) electrons. The molecule has 0 aliphatic heterocycles. The summed E-state index contributed by atoms with van der Waals surface area (Å²) in [6, 6.07) is 9.68. The average Bonchev–Trinajstić information content (AvgIpc) is 3.04. The fourth-order valence-electron chi connectivity index (χ4n) is 2.92. The number of halogens is 7. The van der Waals surface area contributed by atoms with Crippen molar-refractivity contribution >= 4 is 29.3 Å². The minimum Gasteiger partial charge on any atom is -0.321 e. The molecule has 0 bridgehead atoms. The second kappa shape index (κ2) is 9.23. The number of nitrogens with zero attached hydrogens (tertiary/aromatic N) is 3. The molecule has 0 saturated heterocycles. The fourth-order valence-corrected chi connectivity index (χ4v) is 3.25. The molecule has 0 saturated carbocycles. The first kappa shape index (κ1) is 24.9.